The van der Waals surface area contributed by atoms with E-state index in [2.05, 4.69) is 4.98 Å². The highest BCUT2D eigenvalue weighted by Gasteiger charge is 2.31. The molecule has 0 aliphatic carbocycles. The number of halogens is 3. The van der Waals surface area contributed by atoms with Gasteiger partial charge in [-0.05, 0) is 18.9 Å². The van der Waals surface area contributed by atoms with Crippen LogP contribution < -0.4 is 4.74 Å². The molecule has 1 fully saturated rings. The average Bonchev–Trinajstić information content (AvgIpc) is 2.38. The molecule has 2 rings (SSSR count). The Kier molecular flexibility index (Phi) is 4.43. The second-order valence-electron chi connectivity index (χ2n) is 4.86. The van der Waals surface area contributed by atoms with Gasteiger partial charge in [0.15, 0.2) is 0 Å². The Balaban J connectivity index is 1.92. The molecule has 9 heteroatoms. The van der Waals surface area contributed by atoms with Crippen molar-refractivity contribution in [1.29, 1.82) is 0 Å². The third-order valence-electron chi connectivity index (χ3n) is 3.22. The van der Waals surface area contributed by atoms with E-state index in [0.29, 0.717) is 25.9 Å². The minimum atomic E-state index is -4.42. The fraction of sp³-hybridized carbons (Fsp3) is 0.583. The zero-order chi connectivity index (χ0) is 15.7. The lowest BCUT2D eigenvalue weighted by atomic mass is 10.1. The molecule has 0 spiro atoms. The Hall–Kier alpha value is -1.35. The van der Waals surface area contributed by atoms with E-state index in [1.54, 1.807) is 0 Å². The molecule has 5 nitrogen and oxygen atoms in total. The normalized spacial score (nSPS) is 18.7. The summed E-state index contributed by atoms with van der Waals surface area (Å²) in [6, 6.07) is 2.08. The van der Waals surface area contributed by atoms with Gasteiger partial charge in [0.2, 0.25) is 15.9 Å². The summed E-state index contributed by atoms with van der Waals surface area (Å²) < 4.78 is 66.7. The summed E-state index contributed by atoms with van der Waals surface area (Å²) in [5, 5.41) is 0. The van der Waals surface area contributed by atoms with Crippen LogP contribution in [0.3, 0.4) is 0 Å². The SMILES string of the molecule is CS(=O)(=O)N1CCC(Oc2ccc(C(F)(F)F)cn2)CC1. The highest BCUT2D eigenvalue weighted by molar-refractivity contribution is 7.88. The monoisotopic (exact) mass is 324 g/mol. The van der Waals surface area contributed by atoms with E-state index in [1.165, 1.54) is 10.4 Å². The molecule has 0 amide bonds. The van der Waals surface area contributed by atoms with Crippen molar-refractivity contribution < 1.29 is 26.3 Å². The number of hydrogen-bond donors (Lipinski definition) is 0. The molecule has 1 aromatic rings. The van der Waals surface area contributed by atoms with Crippen molar-refractivity contribution in [2.75, 3.05) is 19.3 Å². The number of rotatable bonds is 3. The summed E-state index contributed by atoms with van der Waals surface area (Å²) in [6.07, 6.45) is -1.84. The van der Waals surface area contributed by atoms with E-state index in [4.69, 9.17) is 4.74 Å². The summed E-state index contributed by atoms with van der Waals surface area (Å²) in [4.78, 5) is 3.63. The Morgan fingerprint density at radius 2 is 1.90 bits per heavy atom. The van der Waals surface area contributed by atoms with E-state index in [1.807, 2.05) is 0 Å². The first kappa shape index (κ1) is 16.0. The van der Waals surface area contributed by atoms with Crippen molar-refractivity contribution in [3.05, 3.63) is 23.9 Å². The van der Waals surface area contributed by atoms with Crippen LogP contribution in [0.15, 0.2) is 18.3 Å². The zero-order valence-electron chi connectivity index (χ0n) is 11.3. The van der Waals surface area contributed by atoms with Crippen LogP contribution in [0.2, 0.25) is 0 Å². The third-order valence-corrected chi connectivity index (χ3v) is 4.52. The molecular weight excluding hydrogens is 309 g/mol. The average molecular weight is 324 g/mol. The van der Waals surface area contributed by atoms with Crippen LogP contribution in [0.5, 0.6) is 5.88 Å². The summed E-state index contributed by atoms with van der Waals surface area (Å²) in [7, 11) is -3.21. The topological polar surface area (TPSA) is 59.5 Å². The van der Waals surface area contributed by atoms with Crippen LogP contribution in [0, 0.1) is 0 Å². The van der Waals surface area contributed by atoms with Gasteiger partial charge in [0.1, 0.15) is 6.10 Å². The number of nitrogens with zero attached hydrogens (tertiary/aromatic N) is 2. The molecule has 0 bridgehead atoms. The first-order valence-electron chi connectivity index (χ1n) is 6.31. The lowest BCUT2D eigenvalue weighted by Gasteiger charge is -2.30. The van der Waals surface area contributed by atoms with Gasteiger partial charge in [-0.3, -0.25) is 0 Å². The van der Waals surface area contributed by atoms with E-state index >= 15 is 0 Å². The second kappa shape index (κ2) is 5.80. The number of hydrogen-bond acceptors (Lipinski definition) is 4. The number of alkyl halides is 3. The van der Waals surface area contributed by atoms with Crippen molar-refractivity contribution in [1.82, 2.24) is 9.29 Å². The fourth-order valence-corrected chi connectivity index (χ4v) is 2.94. The maximum atomic E-state index is 12.4. The predicted molar refractivity (Wildman–Crippen MR) is 69.3 cm³/mol. The molecule has 1 aliphatic heterocycles. The van der Waals surface area contributed by atoms with Crippen LogP contribution in [0.25, 0.3) is 0 Å². The maximum Gasteiger partial charge on any atom is 0.417 e. The van der Waals surface area contributed by atoms with E-state index in [-0.39, 0.29) is 12.0 Å². The molecule has 1 aliphatic rings. The van der Waals surface area contributed by atoms with E-state index in [9.17, 15) is 21.6 Å². The molecule has 1 saturated heterocycles. The molecule has 1 aromatic heterocycles. The number of aromatic nitrogens is 1. The molecule has 0 radical (unpaired) electrons. The Morgan fingerprint density at radius 3 is 2.33 bits per heavy atom. The first-order chi connectivity index (χ1) is 9.66. The highest BCUT2D eigenvalue weighted by Crippen LogP contribution is 2.29. The third kappa shape index (κ3) is 4.31. The predicted octanol–water partition coefficient (Wildman–Crippen LogP) is 1.90. The second-order valence-corrected chi connectivity index (χ2v) is 6.84. The van der Waals surface area contributed by atoms with Gasteiger partial charge in [0.05, 0.1) is 11.8 Å². The molecule has 118 valence electrons. The number of ether oxygens (including phenoxy) is 1. The van der Waals surface area contributed by atoms with Crippen molar-refractivity contribution in [2.45, 2.75) is 25.1 Å². The molecule has 0 saturated carbocycles. The van der Waals surface area contributed by atoms with Gasteiger partial charge in [-0.25, -0.2) is 17.7 Å². The summed E-state index contributed by atoms with van der Waals surface area (Å²) in [5.74, 6) is 0.112. The van der Waals surface area contributed by atoms with Gasteiger partial charge >= 0.3 is 6.18 Å². The van der Waals surface area contributed by atoms with Gasteiger partial charge in [-0.15, -0.1) is 0 Å². The standard InChI is InChI=1S/C12H15F3N2O3S/c1-21(18,19)17-6-4-10(5-7-17)20-11-3-2-9(8-16-11)12(13,14)15/h2-3,8,10H,4-7H2,1H3. The number of pyridine rings is 1. The van der Waals surface area contributed by atoms with Crippen LogP contribution in [0.1, 0.15) is 18.4 Å². The first-order valence-corrected chi connectivity index (χ1v) is 8.16. The molecule has 0 N–H and O–H groups in total. The van der Waals surface area contributed by atoms with E-state index < -0.39 is 21.8 Å². The number of sulfonamides is 1. The summed E-state index contributed by atoms with van der Waals surface area (Å²) in [6.45, 7) is 0.675. The van der Waals surface area contributed by atoms with E-state index in [0.717, 1.165) is 18.5 Å². The van der Waals surface area contributed by atoms with Crippen molar-refractivity contribution >= 4 is 10.0 Å². The lowest BCUT2D eigenvalue weighted by Crippen LogP contribution is -2.41. The minimum absolute atomic E-state index is 0.112. The van der Waals surface area contributed by atoms with Crippen molar-refractivity contribution in [2.24, 2.45) is 0 Å². The van der Waals surface area contributed by atoms with Gasteiger partial charge in [0, 0.05) is 25.4 Å². The number of piperidine rings is 1. The molecule has 0 unspecified atom stereocenters. The van der Waals surface area contributed by atoms with Gasteiger partial charge in [0.25, 0.3) is 0 Å². The van der Waals surface area contributed by atoms with Gasteiger partial charge in [-0.1, -0.05) is 0 Å². The maximum absolute atomic E-state index is 12.4. The molecule has 0 atom stereocenters. The van der Waals surface area contributed by atoms with Crippen LogP contribution >= 0.6 is 0 Å². The minimum Gasteiger partial charge on any atom is -0.474 e. The van der Waals surface area contributed by atoms with Gasteiger partial charge < -0.3 is 4.74 Å². The lowest BCUT2D eigenvalue weighted by molar-refractivity contribution is -0.137. The largest absolute Gasteiger partial charge is 0.474 e. The van der Waals surface area contributed by atoms with Crippen molar-refractivity contribution in [3.63, 3.8) is 0 Å². The quantitative estimate of drug-likeness (QED) is 0.852. The van der Waals surface area contributed by atoms with Gasteiger partial charge in [-0.2, -0.15) is 13.2 Å². The van der Waals surface area contributed by atoms with Crippen molar-refractivity contribution in [3.8, 4) is 5.88 Å². The van der Waals surface area contributed by atoms with Crippen LogP contribution in [-0.4, -0.2) is 43.2 Å². The molecule has 2 heterocycles. The highest BCUT2D eigenvalue weighted by atomic mass is 32.2. The smallest absolute Gasteiger partial charge is 0.417 e. The zero-order valence-corrected chi connectivity index (χ0v) is 12.1. The van der Waals surface area contributed by atoms with Crippen LogP contribution in [-0.2, 0) is 16.2 Å². The molecular formula is C12H15F3N2O3S. The Bertz CT molecular complexity index is 579. The summed E-state index contributed by atoms with van der Waals surface area (Å²) in [5.41, 5.74) is -0.832. The molecule has 21 heavy (non-hydrogen) atoms. The Labute approximate surface area is 120 Å². The fourth-order valence-electron chi connectivity index (χ4n) is 2.07. The molecule has 0 aromatic carbocycles. The Morgan fingerprint density at radius 1 is 1.29 bits per heavy atom. The summed E-state index contributed by atoms with van der Waals surface area (Å²) >= 11 is 0. The van der Waals surface area contributed by atoms with Crippen LogP contribution in [0.4, 0.5) is 13.2 Å².